The molecule has 3 rings (SSSR count). The zero-order chi connectivity index (χ0) is 15.5. The molecule has 3 aliphatic rings. The largest absolute Gasteiger partial charge is 0.352 e. The predicted octanol–water partition coefficient (Wildman–Crippen LogP) is 4.87. The summed E-state index contributed by atoms with van der Waals surface area (Å²) in [6, 6.07) is 0. The fourth-order valence-corrected chi connectivity index (χ4v) is 4.50. The molecule has 0 aromatic heterocycles. The van der Waals surface area contributed by atoms with Gasteiger partial charge in [0.15, 0.2) is 6.29 Å². The van der Waals surface area contributed by atoms with Gasteiger partial charge in [-0.1, -0.05) is 19.8 Å². The number of ether oxygens (including phenoxy) is 2. The van der Waals surface area contributed by atoms with E-state index in [0.29, 0.717) is 24.7 Å². The Morgan fingerprint density at radius 3 is 1.82 bits per heavy atom. The van der Waals surface area contributed by atoms with Crippen molar-refractivity contribution in [1.29, 1.82) is 0 Å². The Morgan fingerprint density at radius 2 is 1.27 bits per heavy atom. The maximum absolute atomic E-state index is 12.7. The number of hydrogen-bond acceptors (Lipinski definition) is 2. The van der Waals surface area contributed by atoms with Crippen LogP contribution in [0.15, 0.2) is 0 Å². The van der Waals surface area contributed by atoms with Crippen molar-refractivity contribution in [2.45, 2.75) is 71.0 Å². The molecule has 0 amide bonds. The average Bonchev–Trinajstić information content (AvgIpc) is 2.56. The van der Waals surface area contributed by atoms with Gasteiger partial charge >= 0.3 is 0 Å². The Labute approximate surface area is 132 Å². The van der Waals surface area contributed by atoms with Crippen LogP contribution in [0.5, 0.6) is 0 Å². The lowest BCUT2D eigenvalue weighted by Crippen LogP contribution is -2.41. The maximum atomic E-state index is 12.7. The molecule has 0 aromatic rings. The van der Waals surface area contributed by atoms with Gasteiger partial charge in [-0.25, -0.2) is 8.78 Å². The second-order valence-corrected chi connectivity index (χ2v) is 7.82. The van der Waals surface area contributed by atoms with Crippen LogP contribution in [-0.2, 0) is 9.47 Å². The molecule has 2 aliphatic carbocycles. The third-order valence-corrected chi connectivity index (χ3v) is 6.23. The van der Waals surface area contributed by atoms with Gasteiger partial charge < -0.3 is 9.47 Å². The summed E-state index contributed by atoms with van der Waals surface area (Å²) in [6.45, 7) is 3.95. The van der Waals surface area contributed by atoms with Crippen LogP contribution in [-0.4, -0.2) is 25.9 Å². The van der Waals surface area contributed by atoms with Gasteiger partial charge in [-0.3, -0.25) is 0 Å². The van der Waals surface area contributed by atoms with Crippen molar-refractivity contribution < 1.29 is 18.3 Å². The first-order chi connectivity index (χ1) is 10.6. The van der Waals surface area contributed by atoms with Crippen molar-refractivity contribution >= 4 is 0 Å². The molecule has 0 unspecified atom stereocenters. The molecule has 4 heteroatoms. The van der Waals surface area contributed by atoms with Gasteiger partial charge in [0.2, 0.25) is 6.43 Å². The van der Waals surface area contributed by atoms with E-state index in [1.807, 2.05) is 0 Å². The molecule has 0 spiro atoms. The Bertz CT molecular complexity index is 326. The first-order valence-electron chi connectivity index (χ1n) is 9.15. The second-order valence-electron chi connectivity index (χ2n) is 7.82. The minimum absolute atomic E-state index is 0.141. The molecule has 2 nitrogen and oxygen atoms in total. The Hall–Kier alpha value is -0.220. The van der Waals surface area contributed by atoms with Crippen molar-refractivity contribution in [2.75, 3.05) is 13.2 Å². The molecule has 1 heterocycles. The van der Waals surface area contributed by atoms with Crippen LogP contribution in [0.25, 0.3) is 0 Å². The molecule has 3 fully saturated rings. The molecule has 2 saturated carbocycles. The summed E-state index contributed by atoms with van der Waals surface area (Å²) in [5.74, 6) is 2.09. The van der Waals surface area contributed by atoms with E-state index in [9.17, 15) is 8.78 Å². The summed E-state index contributed by atoms with van der Waals surface area (Å²) in [4.78, 5) is 0. The highest BCUT2D eigenvalue weighted by atomic mass is 19.3. The third-order valence-electron chi connectivity index (χ3n) is 6.23. The van der Waals surface area contributed by atoms with Crippen molar-refractivity contribution in [3.63, 3.8) is 0 Å². The molecule has 0 radical (unpaired) electrons. The van der Waals surface area contributed by atoms with E-state index >= 15 is 0 Å². The maximum Gasteiger partial charge on any atom is 0.241 e. The van der Waals surface area contributed by atoms with Crippen molar-refractivity contribution in [2.24, 2.45) is 29.6 Å². The summed E-state index contributed by atoms with van der Waals surface area (Å²) in [5, 5.41) is 0. The lowest BCUT2D eigenvalue weighted by Gasteiger charge is -2.40. The Balaban J connectivity index is 1.40. The summed E-state index contributed by atoms with van der Waals surface area (Å²) >= 11 is 0. The number of hydrogen-bond donors (Lipinski definition) is 0. The van der Waals surface area contributed by atoms with Crippen LogP contribution in [0.3, 0.4) is 0 Å². The lowest BCUT2D eigenvalue weighted by atomic mass is 9.76. The molecule has 0 atom stereocenters. The van der Waals surface area contributed by atoms with Crippen LogP contribution in [0, 0.1) is 29.6 Å². The topological polar surface area (TPSA) is 18.5 Å². The van der Waals surface area contributed by atoms with Gasteiger partial charge in [-0.05, 0) is 50.4 Å². The van der Waals surface area contributed by atoms with E-state index in [0.717, 1.165) is 37.9 Å². The predicted molar refractivity (Wildman–Crippen MR) is 81.8 cm³/mol. The minimum atomic E-state index is -2.16. The molecule has 0 aromatic carbocycles. The fourth-order valence-electron chi connectivity index (χ4n) is 4.50. The van der Waals surface area contributed by atoms with E-state index in [-0.39, 0.29) is 6.29 Å². The van der Waals surface area contributed by atoms with Crippen LogP contribution in [0.4, 0.5) is 8.78 Å². The summed E-state index contributed by atoms with van der Waals surface area (Å²) in [7, 11) is 0. The van der Waals surface area contributed by atoms with Gasteiger partial charge in [0.1, 0.15) is 0 Å². The van der Waals surface area contributed by atoms with E-state index in [1.165, 1.54) is 25.7 Å². The van der Waals surface area contributed by atoms with E-state index in [1.54, 1.807) is 0 Å². The molecular formula is C18H30F2O2. The first kappa shape index (κ1) is 16.6. The standard InChI is InChI=1S/C18H30F2O2/c1-12-2-4-13(5-3-12)16-10-21-18(22-11-16)15-8-6-14(7-9-15)17(19)20/h12-18H,2-11H2,1H3. The number of halogens is 2. The van der Waals surface area contributed by atoms with Gasteiger partial charge in [0.05, 0.1) is 13.2 Å². The van der Waals surface area contributed by atoms with Crippen molar-refractivity contribution in [1.82, 2.24) is 0 Å². The zero-order valence-corrected chi connectivity index (χ0v) is 13.7. The molecule has 1 aliphatic heterocycles. The molecule has 128 valence electrons. The van der Waals surface area contributed by atoms with E-state index < -0.39 is 12.3 Å². The SMILES string of the molecule is CC1CCC(C2COC(C3CCC(C(F)F)CC3)OC2)CC1. The average molecular weight is 316 g/mol. The van der Waals surface area contributed by atoms with Crippen LogP contribution >= 0.6 is 0 Å². The van der Waals surface area contributed by atoms with Crippen LogP contribution in [0.1, 0.15) is 58.3 Å². The minimum Gasteiger partial charge on any atom is -0.352 e. The summed E-state index contributed by atoms with van der Waals surface area (Å²) < 4.78 is 37.4. The number of rotatable bonds is 3. The Morgan fingerprint density at radius 1 is 0.727 bits per heavy atom. The monoisotopic (exact) mass is 316 g/mol. The smallest absolute Gasteiger partial charge is 0.241 e. The highest BCUT2D eigenvalue weighted by Crippen LogP contribution is 2.39. The summed E-state index contributed by atoms with van der Waals surface area (Å²) in [5.41, 5.74) is 0. The zero-order valence-electron chi connectivity index (χ0n) is 13.7. The third kappa shape index (κ3) is 4.00. The summed E-state index contributed by atoms with van der Waals surface area (Å²) in [6.07, 6.45) is 5.88. The van der Waals surface area contributed by atoms with Crippen molar-refractivity contribution in [3.05, 3.63) is 0 Å². The normalized spacial score (nSPS) is 44.2. The molecular weight excluding hydrogens is 286 g/mol. The van der Waals surface area contributed by atoms with Crippen molar-refractivity contribution in [3.8, 4) is 0 Å². The molecule has 1 saturated heterocycles. The molecule has 0 N–H and O–H groups in total. The molecule has 22 heavy (non-hydrogen) atoms. The highest BCUT2D eigenvalue weighted by Gasteiger charge is 2.37. The first-order valence-corrected chi connectivity index (χ1v) is 9.15. The highest BCUT2D eigenvalue weighted by molar-refractivity contribution is 4.81. The Kier molecular flexibility index (Phi) is 5.72. The number of alkyl halides is 2. The lowest BCUT2D eigenvalue weighted by molar-refractivity contribution is -0.238. The van der Waals surface area contributed by atoms with Gasteiger partial charge in [-0.15, -0.1) is 0 Å². The van der Waals surface area contributed by atoms with E-state index in [4.69, 9.17) is 9.47 Å². The van der Waals surface area contributed by atoms with Crippen LogP contribution in [0.2, 0.25) is 0 Å². The fraction of sp³-hybridized carbons (Fsp3) is 1.00. The second kappa shape index (κ2) is 7.57. The molecule has 0 bridgehead atoms. The van der Waals surface area contributed by atoms with Gasteiger partial charge in [0.25, 0.3) is 0 Å². The van der Waals surface area contributed by atoms with Crippen LogP contribution < -0.4 is 0 Å². The van der Waals surface area contributed by atoms with Gasteiger partial charge in [-0.2, -0.15) is 0 Å². The quantitative estimate of drug-likeness (QED) is 0.739. The van der Waals surface area contributed by atoms with Gasteiger partial charge in [0, 0.05) is 17.8 Å². The van der Waals surface area contributed by atoms with E-state index in [2.05, 4.69) is 6.92 Å².